The summed E-state index contributed by atoms with van der Waals surface area (Å²) in [7, 11) is 0. The van der Waals surface area contributed by atoms with Crippen molar-refractivity contribution in [1.82, 2.24) is 9.13 Å². The number of nitrogens with zero attached hydrogens (tertiary/aromatic N) is 4. The zero-order chi connectivity index (χ0) is 50.6. The minimum Gasteiger partial charge on any atom is -0.310 e. The summed E-state index contributed by atoms with van der Waals surface area (Å²) in [6.45, 7) is 9.40. The van der Waals surface area contributed by atoms with E-state index >= 15 is 0 Å². The van der Waals surface area contributed by atoms with E-state index in [4.69, 9.17) is 0 Å². The largest absolute Gasteiger partial charge is 0.310 e. The summed E-state index contributed by atoms with van der Waals surface area (Å²) in [6.07, 6.45) is 0. The molecule has 0 atom stereocenters. The van der Waals surface area contributed by atoms with E-state index in [0.717, 1.165) is 22.7 Å². The Morgan fingerprint density at radius 1 is 0.224 bits per heavy atom. The molecule has 0 fully saturated rings. The van der Waals surface area contributed by atoms with E-state index < -0.39 is 0 Å². The Morgan fingerprint density at radius 3 is 0.882 bits per heavy atom. The van der Waals surface area contributed by atoms with Crippen molar-refractivity contribution < 1.29 is 0 Å². The molecule has 360 valence electrons. The van der Waals surface area contributed by atoms with Gasteiger partial charge >= 0.3 is 0 Å². The topological polar surface area (TPSA) is 16.3 Å². The van der Waals surface area contributed by atoms with E-state index in [0.29, 0.717) is 0 Å². The van der Waals surface area contributed by atoms with Crippen molar-refractivity contribution in [2.45, 2.75) is 38.5 Å². The fourth-order valence-corrected chi connectivity index (χ4v) is 13.9. The molecule has 12 aromatic carbocycles. The SMILES string of the molecule is CC1(C)c2ccccc2N(c2ccc3c(c2)c2ccccc2n3-c2ccc3c4ccc(-n5c6ccccc6c6cc(N7c8ccccc8C(C)(C)c8ccccc87)ccc65)cc4c4ccccc4c3c2)c2ccccc21. The second kappa shape index (κ2) is 15.6. The lowest BCUT2D eigenvalue weighted by atomic mass is 9.73. The van der Waals surface area contributed by atoms with Crippen LogP contribution >= 0.6 is 0 Å². The number of fused-ring (bicyclic) bond motifs is 16. The Balaban J connectivity index is 0.842. The summed E-state index contributed by atoms with van der Waals surface area (Å²) in [5.41, 5.74) is 19.4. The van der Waals surface area contributed by atoms with Crippen LogP contribution in [0.1, 0.15) is 49.9 Å². The number of anilines is 6. The second-order valence-electron chi connectivity index (χ2n) is 22.1. The lowest BCUT2D eigenvalue weighted by molar-refractivity contribution is 0.632. The standard InChI is InChI=1S/C72H52N4/c1-71(2)59-23-9-15-29-67(59)75(68-30-16-10-24-60(68)71)47-35-39-65-57(43-47)53-21-7-13-27-63(53)73(65)45-33-37-51-52-38-34-46(42-56(52)50-20-6-5-19-49(50)55(51)41-45)74-64-28-14-8-22-54(64)58-44-48(36-40-66(58)74)76-69-31-17-11-25-61(69)72(3,4)62-26-12-18-32-70(62)76/h5-44H,1-4H3. The third-order valence-electron chi connectivity index (χ3n) is 17.4. The summed E-state index contributed by atoms with van der Waals surface area (Å²) >= 11 is 0. The molecule has 0 unspecified atom stereocenters. The third kappa shape index (κ3) is 5.84. The Labute approximate surface area is 441 Å². The van der Waals surface area contributed by atoms with E-state index in [1.165, 1.54) is 121 Å². The molecule has 4 nitrogen and oxygen atoms in total. The molecular weight excluding hydrogens is 921 g/mol. The van der Waals surface area contributed by atoms with Gasteiger partial charge in [-0.15, -0.1) is 0 Å². The van der Waals surface area contributed by atoms with Gasteiger partial charge in [0.05, 0.1) is 44.8 Å². The number of para-hydroxylation sites is 6. The van der Waals surface area contributed by atoms with Crippen LogP contribution in [-0.2, 0) is 10.8 Å². The number of hydrogen-bond acceptors (Lipinski definition) is 2. The van der Waals surface area contributed by atoms with Crippen molar-refractivity contribution in [3.05, 3.63) is 265 Å². The number of benzene rings is 12. The molecule has 4 heteroatoms. The normalized spacial score (nSPS) is 14.5. The van der Waals surface area contributed by atoms with Gasteiger partial charge in [0.15, 0.2) is 0 Å². The highest BCUT2D eigenvalue weighted by Gasteiger charge is 2.38. The quantitative estimate of drug-likeness (QED) is 0.163. The van der Waals surface area contributed by atoms with Crippen LogP contribution in [0.4, 0.5) is 34.1 Å². The molecule has 0 saturated heterocycles. The van der Waals surface area contributed by atoms with Crippen molar-refractivity contribution in [3.63, 3.8) is 0 Å². The number of rotatable bonds is 4. The summed E-state index contributed by atoms with van der Waals surface area (Å²) in [6, 6.07) is 90.8. The predicted octanol–water partition coefficient (Wildman–Crippen LogP) is 19.6. The van der Waals surface area contributed by atoms with Crippen molar-refractivity contribution in [3.8, 4) is 11.4 Å². The van der Waals surface area contributed by atoms with Gasteiger partial charge in [-0.05, 0) is 152 Å². The molecule has 0 amide bonds. The van der Waals surface area contributed by atoms with Crippen LogP contribution < -0.4 is 9.80 Å². The second-order valence-corrected chi connectivity index (χ2v) is 22.1. The van der Waals surface area contributed by atoms with Crippen LogP contribution in [0.5, 0.6) is 0 Å². The van der Waals surface area contributed by atoms with E-state index in [9.17, 15) is 0 Å². The zero-order valence-corrected chi connectivity index (χ0v) is 42.9. The van der Waals surface area contributed by atoms with Crippen molar-refractivity contribution in [1.29, 1.82) is 0 Å². The summed E-state index contributed by atoms with van der Waals surface area (Å²) < 4.78 is 4.93. The van der Waals surface area contributed by atoms with E-state index in [1.54, 1.807) is 0 Å². The molecule has 14 aromatic rings. The van der Waals surface area contributed by atoms with Crippen molar-refractivity contribution in [2.75, 3.05) is 9.80 Å². The fraction of sp³-hybridized carbons (Fsp3) is 0.0833. The average Bonchev–Trinajstić information content (AvgIpc) is 3.98. The maximum Gasteiger partial charge on any atom is 0.0542 e. The van der Waals surface area contributed by atoms with Crippen molar-refractivity contribution in [2.24, 2.45) is 0 Å². The lowest BCUT2D eigenvalue weighted by Gasteiger charge is -2.42. The van der Waals surface area contributed by atoms with Crippen LogP contribution in [0.2, 0.25) is 0 Å². The van der Waals surface area contributed by atoms with E-state index in [2.05, 4.69) is 289 Å². The Bertz CT molecular complexity index is 4370. The summed E-state index contributed by atoms with van der Waals surface area (Å²) in [5.74, 6) is 0. The highest BCUT2D eigenvalue weighted by molar-refractivity contribution is 6.26. The van der Waals surface area contributed by atoms with E-state index in [-0.39, 0.29) is 10.8 Å². The molecule has 2 aromatic heterocycles. The summed E-state index contributed by atoms with van der Waals surface area (Å²) in [4.78, 5) is 4.93. The third-order valence-corrected chi connectivity index (χ3v) is 17.4. The molecule has 0 saturated carbocycles. The van der Waals surface area contributed by atoms with E-state index in [1.807, 2.05) is 0 Å². The first-order valence-electron chi connectivity index (χ1n) is 26.7. The molecule has 0 spiro atoms. The minimum absolute atomic E-state index is 0.122. The first kappa shape index (κ1) is 43.1. The van der Waals surface area contributed by atoms with Gasteiger partial charge in [0, 0.05) is 55.1 Å². The smallest absolute Gasteiger partial charge is 0.0542 e. The first-order chi connectivity index (χ1) is 37.2. The van der Waals surface area contributed by atoms with Crippen LogP contribution in [-0.4, -0.2) is 9.13 Å². The van der Waals surface area contributed by atoms with Gasteiger partial charge in [-0.3, -0.25) is 0 Å². The van der Waals surface area contributed by atoms with Gasteiger partial charge < -0.3 is 18.9 Å². The van der Waals surface area contributed by atoms with Gasteiger partial charge in [0.2, 0.25) is 0 Å². The van der Waals surface area contributed by atoms with Gasteiger partial charge in [-0.1, -0.05) is 173 Å². The average molecular weight is 973 g/mol. The molecule has 0 bridgehead atoms. The van der Waals surface area contributed by atoms with Crippen LogP contribution in [0.15, 0.2) is 243 Å². The first-order valence-corrected chi connectivity index (χ1v) is 26.7. The minimum atomic E-state index is -0.122. The Morgan fingerprint density at radius 2 is 0.500 bits per heavy atom. The number of aromatic nitrogens is 2. The van der Waals surface area contributed by atoms with Gasteiger partial charge in [-0.25, -0.2) is 0 Å². The fourth-order valence-electron chi connectivity index (χ4n) is 13.9. The number of hydrogen-bond donors (Lipinski definition) is 0. The molecule has 16 rings (SSSR count). The van der Waals surface area contributed by atoms with Gasteiger partial charge in [0.25, 0.3) is 0 Å². The van der Waals surface area contributed by atoms with Gasteiger partial charge in [0.1, 0.15) is 0 Å². The molecule has 76 heavy (non-hydrogen) atoms. The lowest BCUT2D eigenvalue weighted by Crippen LogP contribution is -2.30. The molecule has 2 aliphatic rings. The highest BCUT2D eigenvalue weighted by atomic mass is 15.2. The maximum atomic E-state index is 2.47. The predicted molar refractivity (Wildman–Crippen MR) is 321 cm³/mol. The van der Waals surface area contributed by atoms with Gasteiger partial charge in [-0.2, -0.15) is 0 Å². The zero-order valence-electron chi connectivity index (χ0n) is 42.9. The molecule has 0 N–H and O–H groups in total. The molecule has 0 aliphatic carbocycles. The Hall–Kier alpha value is -9.38. The summed E-state index contributed by atoms with van der Waals surface area (Å²) in [5, 5.41) is 12.4. The molecule has 2 aliphatic heterocycles. The molecular formula is C72H52N4. The van der Waals surface area contributed by atoms with Crippen molar-refractivity contribution >= 4 is 110 Å². The molecule has 0 radical (unpaired) electrons. The maximum absolute atomic E-state index is 2.47. The van der Waals surface area contributed by atoms with Crippen LogP contribution in [0.25, 0.3) is 87.3 Å². The van der Waals surface area contributed by atoms with Crippen LogP contribution in [0.3, 0.4) is 0 Å². The van der Waals surface area contributed by atoms with Crippen LogP contribution in [0, 0.1) is 0 Å². The monoisotopic (exact) mass is 972 g/mol. The highest BCUT2D eigenvalue weighted by Crippen LogP contribution is 2.54. The molecule has 4 heterocycles. The Kier molecular flexibility index (Phi) is 8.83.